The number of para-hydroxylation sites is 2. The zero-order chi connectivity index (χ0) is 14.1. The number of hydrogen-bond donors (Lipinski definition) is 1. The summed E-state index contributed by atoms with van der Waals surface area (Å²) in [5, 5.41) is 2.90. The van der Waals surface area contributed by atoms with E-state index in [0.29, 0.717) is 10.8 Å². The van der Waals surface area contributed by atoms with Gasteiger partial charge in [0, 0.05) is 11.4 Å². The Kier molecular flexibility index (Phi) is 3.28. The Morgan fingerprint density at radius 1 is 1.30 bits per heavy atom. The van der Waals surface area contributed by atoms with E-state index in [1.54, 1.807) is 0 Å². The van der Waals surface area contributed by atoms with E-state index in [4.69, 9.17) is 0 Å². The first kappa shape index (κ1) is 12.9. The van der Waals surface area contributed by atoms with Crippen LogP contribution in [0.3, 0.4) is 0 Å². The van der Waals surface area contributed by atoms with Crippen molar-refractivity contribution in [2.75, 3.05) is 5.32 Å². The second-order valence-electron chi connectivity index (χ2n) is 4.53. The van der Waals surface area contributed by atoms with Crippen molar-refractivity contribution in [2.45, 2.75) is 20.4 Å². The van der Waals surface area contributed by atoms with Gasteiger partial charge in [-0.05, 0) is 38.1 Å². The average molecular weight is 285 g/mol. The Bertz CT molecular complexity index is 772. The second kappa shape index (κ2) is 5.09. The Balaban J connectivity index is 1.96. The molecule has 0 saturated carbocycles. The van der Waals surface area contributed by atoms with Crippen LogP contribution in [0.1, 0.15) is 21.5 Å². The smallest absolute Gasteiger partial charge is 0.268 e. The van der Waals surface area contributed by atoms with Crippen molar-refractivity contribution in [3.05, 3.63) is 46.2 Å². The maximum atomic E-state index is 12.2. The van der Waals surface area contributed by atoms with Crippen LogP contribution >= 0.6 is 11.3 Å². The Morgan fingerprint density at radius 2 is 2.10 bits per heavy atom. The van der Waals surface area contributed by atoms with Gasteiger partial charge >= 0.3 is 0 Å². The molecule has 5 heteroatoms. The largest absolute Gasteiger partial charge is 0.310 e. The van der Waals surface area contributed by atoms with Gasteiger partial charge in [0.25, 0.3) is 5.91 Å². The van der Waals surface area contributed by atoms with Gasteiger partial charge in [-0.3, -0.25) is 10.1 Å². The van der Waals surface area contributed by atoms with E-state index in [1.165, 1.54) is 11.3 Å². The molecule has 4 nitrogen and oxygen atoms in total. The zero-order valence-electron chi connectivity index (χ0n) is 11.4. The molecule has 20 heavy (non-hydrogen) atoms. The summed E-state index contributed by atoms with van der Waals surface area (Å²) < 4.78 is 2.01. The number of aryl methyl sites for hydroxylation is 2. The topological polar surface area (TPSA) is 46.9 Å². The number of aromatic nitrogens is 2. The maximum absolute atomic E-state index is 12.2. The molecular weight excluding hydrogens is 270 g/mol. The lowest BCUT2D eigenvalue weighted by atomic mass is 10.3. The number of nitrogens with zero attached hydrogens (tertiary/aromatic N) is 2. The van der Waals surface area contributed by atoms with Crippen molar-refractivity contribution >= 4 is 34.2 Å². The minimum absolute atomic E-state index is 0.104. The van der Waals surface area contributed by atoms with Crippen LogP contribution < -0.4 is 5.32 Å². The van der Waals surface area contributed by atoms with Crippen LogP contribution in [0.15, 0.2) is 36.4 Å². The molecule has 102 valence electrons. The normalized spacial score (nSPS) is 10.9. The lowest BCUT2D eigenvalue weighted by molar-refractivity contribution is 0.102. The molecule has 0 unspecified atom stereocenters. The molecule has 2 aromatic heterocycles. The van der Waals surface area contributed by atoms with Gasteiger partial charge in [0.2, 0.25) is 5.95 Å². The van der Waals surface area contributed by atoms with Crippen LogP contribution in [0.5, 0.6) is 0 Å². The molecule has 0 aliphatic carbocycles. The number of rotatable bonds is 3. The van der Waals surface area contributed by atoms with Gasteiger partial charge in [-0.2, -0.15) is 0 Å². The quantitative estimate of drug-likeness (QED) is 0.798. The van der Waals surface area contributed by atoms with Crippen molar-refractivity contribution in [3.63, 3.8) is 0 Å². The third-order valence-corrected chi connectivity index (χ3v) is 4.16. The van der Waals surface area contributed by atoms with Gasteiger partial charge in [-0.25, -0.2) is 4.98 Å². The average Bonchev–Trinajstić information content (AvgIpc) is 3.01. The van der Waals surface area contributed by atoms with Crippen LogP contribution in [-0.2, 0) is 6.54 Å². The number of benzene rings is 1. The molecule has 0 aliphatic rings. The summed E-state index contributed by atoms with van der Waals surface area (Å²) in [4.78, 5) is 18.5. The number of anilines is 1. The maximum Gasteiger partial charge on any atom is 0.268 e. The first-order chi connectivity index (χ1) is 9.69. The first-order valence-electron chi connectivity index (χ1n) is 6.52. The van der Waals surface area contributed by atoms with E-state index in [-0.39, 0.29) is 5.91 Å². The van der Waals surface area contributed by atoms with E-state index < -0.39 is 0 Å². The fraction of sp³-hybridized carbons (Fsp3) is 0.200. The summed E-state index contributed by atoms with van der Waals surface area (Å²) in [6.45, 7) is 4.79. The highest BCUT2D eigenvalue weighted by Gasteiger charge is 2.14. The van der Waals surface area contributed by atoms with Crippen molar-refractivity contribution in [2.24, 2.45) is 0 Å². The number of imidazole rings is 1. The summed E-state index contributed by atoms with van der Waals surface area (Å²) in [6.07, 6.45) is 0. The van der Waals surface area contributed by atoms with Crippen LogP contribution in [-0.4, -0.2) is 15.5 Å². The Hall–Kier alpha value is -2.14. The number of thiophene rings is 1. The van der Waals surface area contributed by atoms with E-state index in [2.05, 4.69) is 10.3 Å². The fourth-order valence-corrected chi connectivity index (χ4v) is 2.97. The monoisotopic (exact) mass is 285 g/mol. The summed E-state index contributed by atoms with van der Waals surface area (Å²) >= 11 is 1.49. The second-order valence-corrected chi connectivity index (χ2v) is 5.82. The molecule has 0 fully saturated rings. The summed E-state index contributed by atoms with van der Waals surface area (Å²) in [5.74, 6) is 0.498. The summed E-state index contributed by atoms with van der Waals surface area (Å²) in [6, 6.07) is 11.7. The highest BCUT2D eigenvalue weighted by Crippen LogP contribution is 2.21. The fourth-order valence-electron chi connectivity index (χ4n) is 2.21. The molecular formula is C15H15N3OS. The molecule has 1 aromatic carbocycles. The van der Waals surface area contributed by atoms with Gasteiger partial charge in [-0.1, -0.05) is 12.1 Å². The molecule has 3 aromatic rings. The van der Waals surface area contributed by atoms with Crippen LogP contribution in [0.4, 0.5) is 5.95 Å². The SMILES string of the molecule is CCn1c(NC(=O)c2ccc(C)s2)nc2ccccc21. The molecule has 0 radical (unpaired) electrons. The third kappa shape index (κ3) is 2.20. The van der Waals surface area contributed by atoms with Crippen LogP contribution in [0.25, 0.3) is 11.0 Å². The predicted octanol–water partition coefficient (Wildman–Crippen LogP) is 3.68. The number of nitrogens with one attached hydrogen (secondary N) is 1. The van der Waals surface area contributed by atoms with Gasteiger partial charge in [-0.15, -0.1) is 11.3 Å². The minimum Gasteiger partial charge on any atom is -0.310 e. The van der Waals surface area contributed by atoms with Gasteiger partial charge in [0.15, 0.2) is 0 Å². The molecule has 1 amide bonds. The third-order valence-electron chi connectivity index (χ3n) is 3.16. The van der Waals surface area contributed by atoms with Crippen LogP contribution in [0, 0.1) is 6.92 Å². The molecule has 0 aliphatic heterocycles. The first-order valence-corrected chi connectivity index (χ1v) is 7.33. The minimum atomic E-state index is -0.104. The molecule has 2 heterocycles. The van der Waals surface area contributed by atoms with Gasteiger partial charge in [0.05, 0.1) is 15.9 Å². The van der Waals surface area contributed by atoms with E-state index >= 15 is 0 Å². The highest BCUT2D eigenvalue weighted by molar-refractivity contribution is 7.14. The van der Waals surface area contributed by atoms with Gasteiger partial charge < -0.3 is 4.57 Å². The molecule has 0 atom stereocenters. The van der Waals surface area contributed by atoms with E-state index in [9.17, 15) is 4.79 Å². The van der Waals surface area contributed by atoms with E-state index in [1.807, 2.05) is 54.8 Å². The molecule has 3 rings (SSSR count). The molecule has 1 N–H and O–H groups in total. The summed E-state index contributed by atoms with van der Waals surface area (Å²) in [5.41, 5.74) is 1.93. The summed E-state index contributed by atoms with van der Waals surface area (Å²) in [7, 11) is 0. The Morgan fingerprint density at radius 3 is 2.80 bits per heavy atom. The van der Waals surface area contributed by atoms with Crippen molar-refractivity contribution < 1.29 is 4.79 Å². The van der Waals surface area contributed by atoms with Crippen LogP contribution in [0.2, 0.25) is 0 Å². The lowest BCUT2D eigenvalue weighted by Gasteiger charge is -2.06. The number of carbonyl (C=O) groups excluding carboxylic acids is 1. The lowest BCUT2D eigenvalue weighted by Crippen LogP contribution is -2.14. The van der Waals surface area contributed by atoms with Crippen molar-refractivity contribution in [1.29, 1.82) is 0 Å². The standard InChI is InChI=1S/C15H15N3OS/c1-3-18-12-7-5-4-6-11(12)16-15(18)17-14(19)13-9-8-10(2)20-13/h4-9H,3H2,1-2H3,(H,16,17,19). The molecule has 0 bridgehead atoms. The van der Waals surface area contributed by atoms with E-state index in [0.717, 1.165) is 22.5 Å². The molecule has 0 spiro atoms. The predicted molar refractivity (Wildman–Crippen MR) is 82.4 cm³/mol. The van der Waals surface area contributed by atoms with Crippen molar-refractivity contribution in [3.8, 4) is 0 Å². The zero-order valence-corrected chi connectivity index (χ0v) is 12.2. The number of amides is 1. The number of hydrogen-bond acceptors (Lipinski definition) is 3. The number of carbonyl (C=O) groups is 1. The van der Waals surface area contributed by atoms with Crippen molar-refractivity contribution in [1.82, 2.24) is 9.55 Å². The number of fused-ring (bicyclic) bond motifs is 1. The highest BCUT2D eigenvalue weighted by atomic mass is 32.1. The Labute approximate surface area is 121 Å². The van der Waals surface area contributed by atoms with Gasteiger partial charge in [0.1, 0.15) is 0 Å². The molecule has 0 saturated heterocycles.